The first kappa shape index (κ1) is 12.3. The van der Waals surface area contributed by atoms with E-state index in [1.54, 1.807) is 18.5 Å². The first-order chi connectivity index (χ1) is 9.66. The molecule has 0 saturated heterocycles. The van der Waals surface area contributed by atoms with E-state index in [-0.39, 0.29) is 5.82 Å². The quantitative estimate of drug-likeness (QED) is 0.753. The Morgan fingerprint density at radius 3 is 2.60 bits per heavy atom. The molecule has 3 N–H and O–H groups in total. The molecule has 3 rings (SSSR count). The Bertz CT molecular complexity index is 753. The molecule has 1 aromatic carbocycles. The van der Waals surface area contributed by atoms with E-state index in [2.05, 4.69) is 15.2 Å². The van der Waals surface area contributed by atoms with E-state index in [0.29, 0.717) is 16.8 Å². The second-order valence-electron chi connectivity index (χ2n) is 4.23. The fraction of sp³-hybridized carbons (Fsp3) is 0. The van der Waals surface area contributed by atoms with Crippen molar-refractivity contribution in [3.8, 4) is 22.4 Å². The van der Waals surface area contributed by atoms with Crippen LogP contribution in [-0.2, 0) is 0 Å². The van der Waals surface area contributed by atoms with E-state index in [0.717, 1.165) is 17.7 Å². The highest BCUT2D eigenvalue weighted by molar-refractivity contribution is 5.87. The molecule has 20 heavy (non-hydrogen) atoms. The molecule has 0 fully saturated rings. The minimum Gasteiger partial charge on any atom is -0.382 e. The number of nitrogens with one attached hydrogen (secondary N) is 1. The third-order valence-corrected chi connectivity index (χ3v) is 2.95. The summed E-state index contributed by atoms with van der Waals surface area (Å²) in [5.74, 6) is -1.55. The Hall–Kier alpha value is -2.76. The summed E-state index contributed by atoms with van der Waals surface area (Å²) in [4.78, 5) is 4.02. The summed E-state index contributed by atoms with van der Waals surface area (Å²) >= 11 is 0. The predicted octanol–water partition coefficient (Wildman–Crippen LogP) is 3.00. The maximum absolute atomic E-state index is 13.4. The van der Waals surface area contributed by atoms with Crippen molar-refractivity contribution in [2.75, 3.05) is 5.73 Å². The number of H-pyrrole nitrogens is 1. The number of aromatic nitrogens is 3. The zero-order chi connectivity index (χ0) is 14.1. The first-order valence-corrected chi connectivity index (χ1v) is 5.86. The molecule has 0 spiro atoms. The van der Waals surface area contributed by atoms with Gasteiger partial charge in [-0.3, -0.25) is 10.1 Å². The molecule has 6 heteroatoms. The summed E-state index contributed by atoms with van der Waals surface area (Å²) in [7, 11) is 0. The zero-order valence-corrected chi connectivity index (χ0v) is 10.3. The van der Waals surface area contributed by atoms with Gasteiger partial charge in [0.25, 0.3) is 0 Å². The minimum absolute atomic E-state index is 0.276. The van der Waals surface area contributed by atoms with Gasteiger partial charge in [-0.15, -0.1) is 0 Å². The Balaban J connectivity index is 2.18. The largest absolute Gasteiger partial charge is 0.382 e. The number of rotatable bonds is 2. The number of hydrogen-bond acceptors (Lipinski definition) is 3. The van der Waals surface area contributed by atoms with Gasteiger partial charge in [-0.1, -0.05) is 6.07 Å². The molecule has 2 heterocycles. The highest BCUT2D eigenvalue weighted by atomic mass is 19.2. The van der Waals surface area contributed by atoms with E-state index in [4.69, 9.17) is 5.73 Å². The van der Waals surface area contributed by atoms with Crippen LogP contribution >= 0.6 is 0 Å². The van der Waals surface area contributed by atoms with E-state index in [1.807, 2.05) is 6.07 Å². The summed E-state index contributed by atoms with van der Waals surface area (Å²) in [5, 5.41) is 6.67. The molecular weight excluding hydrogens is 262 g/mol. The van der Waals surface area contributed by atoms with Crippen LogP contribution in [0.25, 0.3) is 22.4 Å². The Labute approximate surface area is 113 Å². The zero-order valence-electron chi connectivity index (χ0n) is 10.3. The number of benzene rings is 1. The number of nitrogen functional groups attached to an aromatic ring is 1. The van der Waals surface area contributed by atoms with Crippen LogP contribution in [-0.4, -0.2) is 15.2 Å². The van der Waals surface area contributed by atoms with Crippen LogP contribution in [0.2, 0.25) is 0 Å². The van der Waals surface area contributed by atoms with E-state index >= 15 is 0 Å². The van der Waals surface area contributed by atoms with Crippen LogP contribution in [0, 0.1) is 11.6 Å². The summed E-state index contributed by atoms with van der Waals surface area (Å²) in [6.45, 7) is 0. The molecule has 3 aromatic rings. The molecule has 0 aliphatic heterocycles. The van der Waals surface area contributed by atoms with Gasteiger partial charge >= 0.3 is 0 Å². The van der Waals surface area contributed by atoms with Crippen molar-refractivity contribution in [3.63, 3.8) is 0 Å². The normalized spacial score (nSPS) is 10.7. The highest BCUT2D eigenvalue weighted by Crippen LogP contribution is 2.34. The first-order valence-electron chi connectivity index (χ1n) is 5.86. The van der Waals surface area contributed by atoms with Gasteiger partial charge in [-0.2, -0.15) is 5.10 Å². The third kappa shape index (κ3) is 2.01. The van der Waals surface area contributed by atoms with E-state index in [9.17, 15) is 8.78 Å². The van der Waals surface area contributed by atoms with Gasteiger partial charge < -0.3 is 5.73 Å². The second-order valence-corrected chi connectivity index (χ2v) is 4.23. The molecule has 0 aliphatic carbocycles. The Kier molecular flexibility index (Phi) is 2.90. The van der Waals surface area contributed by atoms with Crippen LogP contribution in [0.5, 0.6) is 0 Å². The van der Waals surface area contributed by atoms with Crippen LogP contribution in [0.4, 0.5) is 14.6 Å². The average molecular weight is 272 g/mol. The number of nitrogens with zero attached hydrogens (tertiary/aromatic N) is 2. The van der Waals surface area contributed by atoms with Crippen molar-refractivity contribution in [2.45, 2.75) is 0 Å². The Morgan fingerprint density at radius 2 is 1.90 bits per heavy atom. The molecule has 0 bridgehead atoms. The maximum atomic E-state index is 13.4. The number of hydrogen-bond donors (Lipinski definition) is 2. The lowest BCUT2D eigenvalue weighted by Crippen LogP contribution is -1.90. The lowest BCUT2D eigenvalue weighted by molar-refractivity contribution is 0.509. The Morgan fingerprint density at radius 1 is 1.05 bits per heavy atom. The molecular formula is C14H10F2N4. The summed E-state index contributed by atoms with van der Waals surface area (Å²) in [6.07, 6.45) is 3.27. The lowest BCUT2D eigenvalue weighted by atomic mass is 10.0. The SMILES string of the molecule is Nc1n[nH]c(-c2ccc(F)c(F)c2)c1-c1cccnc1. The number of aromatic amines is 1. The van der Waals surface area contributed by atoms with Crippen molar-refractivity contribution in [1.29, 1.82) is 0 Å². The topological polar surface area (TPSA) is 67.6 Å². The smallest absolute Gasteiger partial charge is 0.159 e. The summed E-state index contributed by atoms with van der Waals surface area (Å²) in [6, 6.07) is 7.20. The molecule has 2 aromatic heterocycles. The minimum atomic E-state index is -0.923. The average Bonchev–Trinajstić information content (AvgIpc) is 2.85. The fourth-order valence-corrected chi connectivity index (χ4v) is 2.02. The molecule has 0 aliphatic rings. The van der Waals surface area contributed by atoms with Gasteiger partial charge in [0, 0.05) is 23.5 Å². The molecule has 4 nitrogen and oxygen atoms in total. The molecule has 0 atom stereocenters. The van der Waals surface area contributed by atoms with Gasteiger partial charge in [-0.25, -0.2) is 8.78 Å². The molecule has 100 valence electrons. The number of pyridine rings is 1. The van der Waals surface area contributed by atoms with Crippen molar-refractivity contribution in [2.24, 2.45) is 0 Å². The maximum Gasteiger partial charge on any atom is 0.159 e. The van der Waals surface area contributed by atoms with Crippen LogP contribution in [0.1, 0.15) is 0 Å². The molecule has 0 amide bonds. The third-order valence-electron chi connectivity index (χ3n) is 2.95. The summed E-state index contributed by atoms with van der Waals surface area (Å²) < 4.78 is 26.4. The van der Waals surface area contributed by atoms with Gasteiger partial charge in [0.2, 0.25) is 0 Å². The van der Waals surface area contributed by atoms with E-state index < -0.39 is 11.6 Å². The number of nitrogens with two attached hydrogens (primary N) is 1. The van der Waals surface area contributed by atoms with Gasteiger partial charge in [0.15, 0.2) is 17.5 Å². The van der Waals surface area contributed by atoms with Crippen LogP contribution in [0.15, 0.2) is 42.7 Å². The van der Waals surface area contributed by atoms with E-state index in [1.165, 1.54) is 6.07 Å². The van der Waals surface area contributed by atoms with Crippen LogP contribution < -0.4 is 5.73 Å². The van der Waals surface area contributed by atoms with Crippen LogP contribution in [0.3, 0.4) is 0 Å². The van der Waals surface area contributed by atoms with Gasteiger partial charge in [-0.05, 0) is 24.3 Å². The van der Waals surface area contributed by atoms with Gasteiger partial charge in [0.1, 0.15) is 0 Å². The standard InChI is InChI=1S/C14H10F2N4/c15-10-4-3-8(6-11(10)16)13-12(14(17)20-19-13)9-2-1-5-18-7-9/h1-7H,(H3,17,19,20). The molecule has 0 radical (unpaired) electrons. The second kappa shape index (κ2) is 4.73. The van der Waals surface area contributed by atoms with Crippen molar-refractivity contribution >= 4 is 5.82 Å². The van der Waals surface area contributed by atoms with Crippen molar-refractivity contribution < 1.29 is 8.78 Å². The molecule has 0 saturated carbocycles. The number of halogens is 2. The van der Waals surface area contributed by atoms with Crippen molar-refractivity contribution in [3.05, 3.63) is 54.4 Å². The molecule has 0 unspecified atom stereocenters. The highest BCUT2D eigenvalue weighted by Gasteiger charge is 2.16. The van der Waals surface area contributed by atoms with Crippen molar-refractivity contribution in [1.82, 2.24) is 15.2 Å². The fourth-order valence-electron chi connectivity index (χ4n) is 2.02. The predicted molar refractivity (Wildman–Crippen MR) is 71.6 cm³/mol. The van der Waals surface area contributed by atoms with Gasteiger partial charge in [0.05, 0.1) is 11.3 Å². The lowest BCUT2D eigenvalue weighted by Gasteiger charge is -2.04. The monoisotopic (exact) mass is 272 g/mol. The number of anilines is 1. The summed E-state index contributed by atoms with van der Waals surface area (Å²) in [5.41, 5.74) is 8.19.